The van der Waals surface area contributed by atoms with Gasteiger partial charge in [-0.15, -0.1) is 0 Å². The van der Waals surface area contributed by atoms with E-state index in [9.17, 15) is 9.59 Å². The molecular weight excluding hydrogens is 232 g/mol. The molecular formula is C13H24N2O3. The zero-order valence-electron chi connectivity index (χ0n) is 11.5. The summed E-state index contributed by atoms with van der Waals surface area (Å²) >= 11 is 0. The average molecular weight is 256 g/mol. The van der Waals surface area contributed by atoms with Crippen molar-refractivity contribution in [3.05, 3.63) is 0 Å². The van der Waals surface area contributed by atoms with Gasteiger partial charge in [-0.1, -0.05) is 6.92 Å². The summed E-state index contributed by atoms with van der Waals surface area (Å²) in [5.74, 6) is 0.405. The maximum absolute atomic E-state index is 11.8. The highest BCUT2D eigenvalue weighted by atomic mass is 16.5. The monoisotopic (exact) mass is 256 g/mol. The van der Waals surface area contributed by atoms with Gasteiger partial charge in [-0.05, 0) is 44.7 Å². The van der Waals surface area contributed by atoms with Crippen LogP contribution < -0.4 is 10.6 Å². The number of carbonyl (C=O) groups excluding carboxylic acids is 2. The van der Waals surface area contributed by atoms with Crippen LogP contribution in [0.15, 0.2) is 0 Å². The summed E-state index contributed by atoms with van der Waals surface area (Å²) in [6.07, 6.45) is 2.82. The highest BCUT2D eigenvalue weighted by molar-refractivity contribution is 5.84. The average Bonchev–Trinajstić information content (AvgIpc) is 2.38. The van der Waals surface area contributed by atoms with E-state index in [2.05, 4.69) is 22.3 Å². The smallest absolute Gasteiger partial charge is 0.328 e. The highest BCUT2D eigenvalue weighted by Crippen LogP contribution is 2.22. The second-order valence-electron chi connectivity index (χ2n) is 5.10. The Morgan fingerprint density at radius 2 is 2.17 bits per heavy atom. The summed E-state index contributed by atoms with van der Waals surface area (Å²) in [5.41, 5.74) is 0. The van der Waals surface area contributed by atoms with Gasteiger partial charge in [0.2, 0.25) is 5.91 Å². The largest absolute Gasteiger partial charge is 0.467 e. The number of esters is 1. The molecule has 0 aromatic rings. The van der Waals surface area contributed by atoms with Crippen LogP contribution in [0.3, 0.4) is 0 Å². The third kappa shape index (κ3) is 4.64. The van der Waals surface area contributed by atoms with Gasteiger partial charge >= 0.3 is 5.97 Å². The van der Waals surface area contributed by atoms with E-state index in [1.165, 1.54) is 20.0 Å². The van der Waals surface area contributed by atoms with Crippen molar-refractivity contribution in [2.45, 2.75) is 39.2 Å². The zero-order chi connectivity index (χ0) is 13.5. The molecule has 0 aromatic heterocycles. The molecule has 1 rings (SSSR count). The molecule has 1 fully saturated rings. The van der Waals surface area contributed by atoms with E-state index in [1.807, 2.05) is 0 Å². The van der Waals surface area contributed by atoms with E-state index < -0.39 is 12.0 Å². The zero-order valence-corrected chi connectivity index (χ0v) is 11.5. The topological polar surface area (TPSA) is 67.4 Å². The van der Waals surface area contributed by atoms with Crippen LogP contribution in [0.4, 0.5) is 0 Å². The quantitative estimate of drug-likeness (QED) is 0.710. The van der Waals surface area contributed by atoms with Crippen LogP contribution in [0.2, 0.25) is 0 Å². The fourth-order valence-corrected chi connectivity index (χ4v) is 2.36. The minimum absolute atomic E-state index is 0.0778. The van der Waals surface area contributed by atoms with Crippen molar-refractivity contribution >= 4 is 11.9 Å². The first-order chi connectivity index (χ1) is 8.54. The molecule has 2 unspecified atom stereocenters. The Labute approximate surface area is 109 Å². The van der Waals surface area contributed by atoms with E-state index in [4.69, 9.17) is 0 Å². The molecule has 0 bridgehead atoms. The molecule has 104 valence electrons. The maximum Gasteiger partial charge on any atom is 0.328 e. The third-order valence-electron chi connectivity index (χ3n) is 3.58. The van der Waals surface area contributed by atoms with Crippen LogP contribution in [0.5, 0.6) is 0 Å². The van der Waals surface area contributed by atoms with Crippen LogP contribution in [0.25, 0.3) is 0 Å². The Balaban J connectivity index is 2.32. The SMILES string of the molecule is COC(=O)[C@@H](C)NC(=O)CC(C)C1CCCNC1. The van der Waals surface area contributed by atoms with Crippen molar-refractivity contribution in [3.8, 4) is 0 Å². The summed E-state index contributed by atoms with van der Waals surface area (Å²) in [7, 11) is 1.32. The number of amides is 1. The molecule has 1 aliphatic heterocycles. The molecule has 1 aliphatic rings. The minimum Gasteiger partial charge on any atom is -0.467 e. The molecule has 0 spiro atoms. The number of rotatable bonds is 5. The summed E-state index contributed by atoms with van der Waals surface area (Å²) in [5, 5.41) is 6.02. The normalized spacial score (nSPS) is 22.9. The molecule has 18 heavy (non-hydrogen) atoms. The van der Waals surface area contributed by atoms with E-state index in [0.29, 0.717) is 18.3 Å². The van der Waals surface area contributed by atoms with Gasteiger partial charge in [-0.3, -0.25) is 4.79 Å². The van der Waals surface area contributed by atoms with Gasteiger partial charge in [0, 0.05) is 6.42 Å². The molecule has 0 aliphatic carbocycles. The van der Waals surface area contributed by atoms with Crippen LogP contribution in [-0.4, -0.2) is 38.1 Å². The molecule has 2 N–H and O–H groups in total. The Hall–Kier alpha value is -1.10. The summed E-state index contributed by atoms with van der Waals surface area (Å²) in [6, 6.07) is -0.570. The lowest BCUT2D eigenvalue weighted by Crippen LogP contribution is -2.41. The van der Waals surface area contributed by atoms with Gasteiger partial charge in [0.25, 0.3) is 0 Å². The Morgan fingerprint density at radius 1 is 1.44 bits per heavy atom. The Morgan fingerprint density at radius 3 is 2.72 bits per heavy atom. The maximum atomic E-state index is 11.8. The van der Waals surface area contributed by atoms with Crippen molar-refractivity contribution in [2.75, 3.05) is 20.2 Å². The van der Waals surface area contributed by atoms with E-state index >= 15 is 0 Å². The fraction of sp³-hybridized carbons (Fsp3) is 0.846. The molecule has 1 heterocycles. The molecule has 0 radical (unpaired) electrons. The second kappa shape index (κ2) is 7.36. The lowest BCUT2D eigenvalue weighted by Gasteiger charge is -2.28. The minimum atomic E-state index is -0.570. The van der Waals surface area contributed by atoms with Crippen molar-refractivity contribution in [1.29, 1.82) is 0 Å². The van der Waals surface area contributed by atoms with Crippen LogP contribution in [0.1, 0.15) is 33.1 Å². The lowest BCUT2D eigenvalue weighted by atomic mass is 9.85. The number of hydrogen-bond donors (Lipinski definition) is 2. The molecule has 5 nitrogen and oxygen atoms in total. The van der Waals surface area contributed by atoms with E-state index in [-0.39, 0.29) is 5.91 Å². The lowest BCUT2D eigenvalue weighted by molar-refractivity contribution is -0.144. The highest BCUT2D eigenvalue weighted by Gasteiger charge is 2.23. The van der Waals surface area contributed by atoms with Gasteiger partial charge < -0.3 is 15.4 Å². The van der Waals surface area contributed by atoms with Gasteiger partial charge in [0.05, 0.1) is 7.11 Å². The van der Waals surface area contributed by atoms with Gasteiger partial charge in [-0.2, -0.15) is 0 Å². The Bertz CT molecular complexity index is 288. The summed E-state index contributed by atoms with van der Waals surface area (Å²) in [6.45, 7) is 5.80. The number of nitrogens with one attached hydrogen (secondary N) is 2. The number of ether oxygens (including phenoxy) is 1. The van der Waals surface area contributed by atoms with E-state index in [0.717, 1.165) is 13.1 Å². The van der Waals surface area contributed by atoms with Gasteiger partial charge in [0.15, 0.2) is 0 Å². The van der Waals surface area contributed by atoms with Crippen LogP contribution in [0, 0.1) is 11.8 Å². The van der Waals surface area contributed by atoms with Gasteiger partial charge in [-0.25, -0.2) is 4.79 Å². The van der Waals surface area contributed by atoms with Crippen molar-refractivity contribution in [1.82, 2.24) is 10.6 Å². The second-order valence-corrected chi connectivity index (χ2v) is 5.10. The first-order valence-electron chi connectivity index (χ1n) is 6.62. The fourth-order valence-electron chi connectivity index (χ4n) is 2.36. The molecule has 3 atom stereocenters. The number of carbonyl (C=O) groups is 2. The summed E-state index contributed by atoms with van der Waals surface area (Å²) < 4.78 is 4.57. The molecule has 1 amide bonds. The predicted molar refractivity (Wildman–Crippen MR) is 69.0 cm³/mol. The van der Waals surface area contributed by atoms with Crippen molar-refractivity contribution in [2.24, 2.45) is 11.8 Å². The van der Waals surface area contributed by atoms with Crippen LogP contribution in [-0.2, 0) is 14.3 Å². The first-order valence-corrected chi connectivity index (χ1v) is 6.62. The standard InChI is InChI=1S/C13H24N2O3/c1-9(11-5-4-6-14-8-11)7-12(16)15-10(2)13(17)18-3/h9-11,14H,4-8H2,1-3H3,(H,15,16)/t9?,10-,11?/m1/s1. The first kappa shape index (κ1) is 15.0. The summed E-state index contributed by atoms with van der Waals surface area (Å²) in [4.78, 5) is 23.0. The van der Waals surface area contributed by atoms with Crippen LogP contribution >= 0.6 is 0 Å². The predicted octanol–water partition coefficient (Wildman–Crippen LogP) is 0.690. The third-order valence-corrected chi connectivity index (χ3v) is 3.58. The van der Waals surface area contributed by atoms with E-state index in [1.54, 1.807) is 6.92 Å². The van der Waals surface area contributed by atoms with Crippen molar-refractivity contribution in [3.63, 3.8) is 0 Å². The Kier molecular flexibility index (Phi) is 6.12. The number of piperidine rings is 1. The molecule has 1 saturated heterocycles. The molecule has 5 heteroatoms. The molecule has 0 aromatic carbocycles. The van der Waals surface area contributed by atoms with Crippen molar-refractivity contribution < 1.29 is 14.3 Å². The molecule has 0 saturated carbocycles. The van der Waals surface area contributed by atoms with Gasteiger partial charge in [0.1, 0.15) is 6.04 Å². The number of hydrogen-bond acceptors (Lipinski definition) is 4. The number of methoxy groups -OCH3 is 1.